The van der Waals surface area contributed by atoms with Crippen molar-refractivity contribution in [2.45, 2.75) is 52.4 Å². The highest BCUT2D eigenvalue weighted by molar-refractivity contribution is 8.22. The van der Waals surface area contributed by atoms with Gasteiger partial charge in [0.25, 0.3) is 0 Å². The van der Waals surface area contributed by atoms with Crippen molar-refractivity contribution in [1.29, 1.82) is 0 Å². The number of methoxy groups -OCH3 is 1. The number of ether oxygens (including phenoxy) is 1. The largest absolute Gasteiger partial charge is 0.497 e. The van der Waals surface area contributed by atoms with Gasteiger partial charge in [0.15, 0.2) is 0 Å². The molecule has 1 N–H and O–H groups in total. The molecule has 3 nitrogen and oxygen atoms in total. The molecule has 1 aliphatic rings. The smallest absolute Gasteiger partial charge is 0.118 e. The topological polar surface area (TPSA) is 41.8 Å². The molecule has 32 heavy (non-hydrogen) atoms. The van der Waals surface area contributed by atoms with Crippen molar-refractivity contribution < 1.29 is 9.94 Å². The first kappa shape index (κ1) is 26.4. The second-order valence-corrected chi connectivity index (χ2v) is 10.6. The second-order valence-electron chi connectivity index (χ2n) is 8.09. The van der Waals surface area contributed by atoms with Crippen LogP contribution >= 0.6 is 23.5 Å². The van der Waals surface area contributed by atoms with Crippen LogP contribution in [0.3, 0.4) is 0 Å². The molecule has 0 radical (unpaired) electrons. The molecule has 1 saturated carbocycles. The number of hydrogen-bond acceptors (Lipinski definition) is 5. The third-order valence-electron chi connectivity index (χ3n) is 5.74. The first-order chi connectivity index (χ1) is 15.5. The third kappa shape index (κ3) is 7.93. The van der Waals surface area contributed by atoms with Crippen LogP contribution in [0.1, 0.15) is 57.9 Å². The Morgan fingerprint density at radius 3 is 2.56 bits per heavy atom. The van der Waals surface area contributed by atoms with Crippen LogP contribution in [0.25, 0.3) is 0 Å². The molecule has 1 fully saturated rings. The standard InChI is InChI=1S/C27H37NO2S2/c1-6-8-9-10-20(3)19-32-27(31-7-2)26-21(4)11-12-22(15-18-25(26)28-29)23-13-16-24(30-5)17-14-23/h6,8-10,13-14,16-17,21-22,29H,1,7,11-12,15,18-19H2,2-5H3/b9-8-,20-10+,27-26-,28-25+. The molecule has 2 unspecified atom stereocenters. The Morgan fingerprint density at radius 2 is 1.94 bits per heavy atom. The van der Waals surface area contributed by atoms with E-state index in [4.69, 9.17) is 4.74 Å². The van der Waals surface area contributed by atoms with Crippen molar-refractivity contribution in [2.24, 2.45) is 11.1 Å². The first-order valence-corrected chi connectivity index (χ1v) is 13.3. The van der Waals surface area contributed by atoms with E-state index in [0.717, 1.165) is 48.7 Å². The van der Waals surface area contributed by atoms with Crippen molar-refractivity contribution >= 4 is 29.2 Å². The van der Waals surface area contributed by atoms with Gasteiger partial charge in [-0.05, 0) is 73.5 Å². The number of thioether (sulfide) groups is 2. The zero-order chi connectivity index (χ0) is 23.3. The van der Waals surface area contributed by atoms with E-state index < -0.39 is 0 Å². The summed E-state index contributed by atoms with van der Waals surface area (Å²) in [4.78, 5) is 0. The molecule has 5 heteroatoms. The van der Waals surface area contributed by atoms with Gasteiger partial charge in [-0.2, -0.15) is 0 Å². The maximum atomic E-state index is 9.95. The van der Waals surface area contributed by atoms with Gasteiger partial charge in [0.1, 0.15) is 5.75 Å². The van der Waals surface area contributed by atoms with Gasteiger partial charge in [-0.1, -0.05) is 67.6 Å². The van der Waals surface area contributed by atoms with Crippen LogP contribution in [0.2, 0.25) is 0 Å². The lowest BCUT2D eigenvalue weighted by atomic mass is 9.80. The molecule has 0 spiro atoms. The Hall–Kier alpha value is -1.85. The summed E-state index contributed by atoms with van der Waals surface area (Å²) in [6, 6.07) is 8.42. The zero-order valence-corrected chi connectivity index (χ0v) is 21.5. The highest BCUT2D eigenvalue weighted by Crippen LogP contribution is 2.41. The van der Waals surface area contributed by atoms with Crippen molar-refractivity contribution in [3.8, 4) is 5.75 Å². The van der Waals surface area contributed by atoms with E-state index in [1.807, 2.05) is 47.8 Å². The van der Waals surface area contributed by atoms with Crippen molar-refractivity contribution in [2.75, 3.05) is 18.6 Å². The Kier molecular flexibility index (Phi) is 11.8. The summed E-state index contributed by atoms with van der Waals surface area (Å²) in [5, 5.41) is 13.8. The second kappa shape index (κ2) is 14.3. The van der Waals surface area contributed by atoms with Gasteiger partial charge in [-0.3, -0.25) is 0 Å². The predicted molar refractivity (Wildman–Crippen MR) is 143 cm³/mol. The van der Waals surface area contributed by atoms with Gasteiger partial charge in [-0.15, -0.1) is 23.5 Å². The van der Waals surface area contributed by atoms with Crippen molar-refractivity contribution in [3.63, 3.8) is 0 Å². The van der Waals surface area contributed by atoms with Gasteiger partial charge in [-0.25, -0.2) is 0 Å². The molecule has 0 amide bonds. The number of nitrogens with zero attached hydrogens (tertiary/aromatic N) is 1. The highest BCUT2D eigenvalue weighted by Gasteiger charge is 2.26. The van der Waals surface area contributed by atoms with E-state index in [0.29, 0.717) is 11.8 Å². The molecule has 0 heterocycles. The van der Waals surface area contributed by atoms with E-state index in [1.165, 1.54) is 20.9 Å². The molecule has 1 aromatic rings. The first-order valence-electron chi connectivity index (χ1n) is 11.3. The summed E-state index contributed by atoms with van der Waals surface area (Å²) in [6.45, 7) is 10.3. The van der Waals surface area contributed by atoms with Gasteiger partial charge in [0, 0.05) is 9.99 Å². The fourth-order valence-corrected chi connectivity index (χ4v) is 6.49. The molecular weight excluding hydrogens is 434 g/mol. The summed E-state index contributed by atoms with van der Waals surface area (Å²) in [5.74, 6) is 3.64. The minimum absolute atomic E-state index is 0.355. The molecule has 0 saturated heterocycles. The number of hydrogen-bond donors (Lipinski definition) is 1. The molecule has 2 rings (SSSR count). The molecule has 0 aliphatic heterocycles. The predicted octanol–water partition coefficient (Wildman–Crippen LogP) is 8.21. The van der Waals surface area contributed by atoms with E-state index >= 15 is 0 Å². The van der Waals surface area contributed by atoms with Gasteiger partial charge < -0.3 is 9.94 Å². The summed E-state index contributed by atoms with van der Waals surface area (Å²) in [5.41, 5.74) is 4.75. The lowest BCUT2D eigenvalue weighted by Crippen LogP contribution is -2.18. The lowest BCUT2D eigenvalue weighted by molar-refractivity contribution is 0.315. The maximum absolute atomic E-state index is 9.95. The number of allylic oxidation sites excluding steroid dienone is 5. The van der Waals surface area contributed by atoms with Crippen LogP contribution in [0, 0.1) is 5.92 Å². The molecule has 1 aromatic carbocycles. The Balaban J connectivity index is 2.23. The third-order valence-corrected chi connectivity index (χ3v) is 8.30. The number of oxime groups is 1. The monoisotopic (exact) mass is 471 g/mol. The fraction of sp³-hybridized carbons (Fsp3) is 0.444. The fourth-order valence-electron chi connectivity index (χ4n) is 3.96. The minimum atomic E-state index is 0.355. The lowest BCUT2D eigenvalue weighted by Gasteiger charge is -2.28. The molecule has 0 bridgehead atoms. The van der Waals surface area contributed by atoms with Gasteiger partial charge in [0.05, 0.1) is 12.8 Å². The van der Waals surface area contributed by atoms with E-state index in [-0.39, 0.29) is 0 Å². The number of benzene rings is 1. The molecule has 2 atom stereocenters. The van der Waals surface area contributed by atoms with E-state index in [9.17, 15) is 5.21 Å². The van der Waals surface area contributed by atoms with Gasteiger partial charge >= 0.3 is 0 Å². The Labute approximate surface area is 202 Å². The zero-order valence-electron chi connectivity index (χ0n) is 19.8. The van der Waals surface area contributed by atoms with Crippen LogP contribution in [0.5, 0.6) is 5.75 Å². The minimum Gasteiger partial charge on any atom is -0.497 e. The highest BCUT2D eigenvalue weighted by atomic mass is 32.2. The summed E-state index contributed by atoms with van der Waals surface area (Å²) in [7, 11) is 1.70. The summed E-state index contributed by atoms with van der Waals surface area (Å²) < 4.78 is 6.61. The van der Waals surface area contributed by atoms with Gasteiger partial charge in [0.2, 0.25) is 0 Å². The van der Waals surface area contributed by atoms with Crippen LogP contribution in [0.4, 0.5) is 0 Å². The van der Waals surface area contributed by atoms with Crippen molar-refractivity contribution in [1.82, 2.24) is 0 Å². The molecule has 174 valence electrons. The Morgan fingerprint density at radius 1 is 1.19 bits per heavy atom. The quantitative estimate of drug-likeness (QED) is 0.224. The van der Waals surface area contributed by atoms with Crippen LogP contribution < -0.4 is 4.74 Å². The molecule has 0 aromatic heterocycles. The maximum Gasteiger partial charge on any atom is 0.118 e. The number of rotatable bonds is 9. The Bertz CT molecular complexity index is 853. The normalized spacial score (nSPS) is 23.1. The average molecular weight is 472 g/mol. The molecular formula is C27H37NO2S2. The van der Waals surface area contributed by atoms with E-state index in [2.05, 4.69) is 50.7 Å². The van der Waals surface area contributed by atoms with Crippen LogP contribution in [0.15, 0.2) is 75.7 Å². The SMILES string of the molecule is C=C/C=C\C=C(/C)CS/C(SCC)=C1\C(=N\O)CCC(c2ccc(OC)cc2)CCC1C. The average Bonchev–Trinajstić information content (AvgIpc) is 2.80. The molecule has 1 aliphatic carbocycles. The van der Waals surface area contributed by atoms with Crippen LogP contribution in [-0.4, -0.2) is 29.5 Å². The summed E-state index contributed by atoms with van der Waals surface area (Å²) >= 11 is 3.74. The van der Waals surface area contributed by atoms with Crippen LogP contribution in [-0.2, 0) is 0 Å². The summed E-state index contributed by atoms with van der Waals surface area (Å²) in [6.07, 6.45) is 11.9. The van der Waals surface area contributed by atoms with E-state index in [1.54, 1.807) is 13.2 Å². The van der Waals surface area contributed by atoms with Crippen molar-refractivity contribution in [3.05, 3.63) is 76.1 Å².